The van der Waals surface area contributed by atoms with Crippen LogP contribution in [0.4, 0.5) is 0 Å². The number of ether oxygens (including phenoxy) is 1. The normalized spacial score (nSPS) is 20.4. The zero-order valence-electron chi connectivity index (χ0n) is 9.47. The molecule has 0 aromatic carbocycles. The molecule has 0 spiro atoms. The largest absolute Gasteiger partial charge is 0.481 e. The molecular weight excluding hydrogens is 224 g/mol. The van der Waals surface area contributed by atoms with Crippen molar-refractivity contribution in [2.45, 2.75) is 19.3 Å². The summed E-state index contributed by atoms with van der Waals surface area (Å²) in [6.07, 6.45) is 0. The molecule has 0 aliphatic carbocycles. The molecular formula is C12H16O3S. The molecule has 0 radical (unpaired) electrons. The van der Waals surface area contributed by atoms with Gasteiger partial charge in [-0.15, -0.1) is 11.3 Å². The first kappa shape index (κ1) is 11.6. The number of hydrogen-bond acceptors (Lipinski definition) is 3. The van der Waals surface area contributed by atoms with Crippen molar-refractivity contribution in [3.8, 4) is 0 Å². The van der Waals surface area contributed by atoms with Gasteiger partial charge in [0.05, 0.1) is 24.5 Å². The summed E-state index contributed by atoms with van der Waals surface area (Å²) >= 11 is 1.63. The number of carbonyl (C=O) groups is 1. The second kappa shape index (κ2) is 4.18. The molecule has 2 rings (SSSR count). The maximum atomic E-state index is 11.4. The van der Waals surface area contributed by atoms with Gasteiger partial charge in [0.15, 0.2) is 0 Å². The van der Waals surface area contributed by atoms with Crippen molar-refractivity contribution in [3.63, 3.8) is 0 Å². The van der Waals surface area contributed by atoms with Crippen LogP contribution in [0.3, 0.4) is 0 Å². The molecule has 1 fully saturated rings. The molecule has 88 valence electrons. The fourth-order valence-electron chi connectivity index (χ4n) is 2.52. The topological polar surface area (TPSA) is 46.5 Å². The highest BCUT2D eigenvalue weighted by Gasteiger charge is 2.52. The van der Waals surface area contributed by atoms with Crippen molar-refractivity contribution >= 4 is 17.3 Å². The highest BCUT2D eigenvalue weighted by Crippen LogP contribution is 2.44. The lowest BCUT2D eigenvalue weighted by Gasteiger charge is -2.46. The number of aliphatic carboxylic acids is 1. The quantitative estimate of drug-likeness (QED) is 0.879. The van der Waals surface area contributed by atoms with Gasteiger partial charge < -0.3 is 9.84 Å². The fourth-order valence-corrected chi connectivity index (χ4v) is 3.46. The predicted octanol–water partition coefficient (Wildman–Crippen LogP) is 2.37. The van der Waals surface area contributed by atoms with E-state index in [1.807, 2.05) is 31.4 Å². The Morgan fingerprint density at radius 1 is 1.56 bits per heavy atom. The van der Waals surface area contributed by atoms with E-state index in [1.54, 1.807) is 11.3 Å². The van der Waals surface area contributed by atoms with Gasteiger partial charge in [0.25, 0.3) is 0 Å². The maximum Gasteiger partial charge on any atom is 0.307 e. The third-order valence-electron chi connectivity index (χ3n) is 3.26. The van der Waals surface area contributed by atoms with Gasteiger partial charge in [0.2, 0.25) is 0 Å². The van der Waals surface area contributed by atoms with E-state index in [4.69, 9.17) is 4.74 Å². The molecule has 1 N–H and O–H groups in total. The second-order valence-electron chi connectivity index (χ2n) is 4.69. The average molecular weight is 240 g/mol. The summed E-state index contributed by atoms with van der Waals surface area (Å²) in [5.41, 5.74) is -0.297. The number of hydrogen-bond donors (Lipinski definition) is 1. The molecule has 1 atom stereocenters. The number of rotatable bonds is 4. The molecule has 0 amide bonds. The average Bonchev–Trinajstić information content (AvgIpc) is 2.61. The van der Waals surface area contributed by atoms with E-state index in [9.17, 15) is 9.90 Å². The highest BCUT2D eigenvalue weighted by molar-refractivity contribution is 7.10. The molecule has 2 heterocycles. The van der Waals surface area contributed by atoms with Crippen molar-refractivity contribution in [1.82, 2.24) is 0 Å². The number of carboxylic acids is 1. The summed E-state index contributed by atoms with van der Waals surface area (Å²) in [7, 11) is 0. The van der Waals surface area contributed by atoms with Crippen LogP contribution in [0, 0.1) is 11.8 Å². The molecule has 1 saturated heterocycles. The van der Waals surface area contributed by atoms with E-state index in [2.05, 4.69) is 0 Å². The Bertz CT molecular complexity index is 366. The molecule has 16 heavy (non-hydrogen) atoms. The first-order chi connectivity index (χ1) is 7.58. The third kappa shape index (κ3) is 1.66. The summed E-state index contributed by atoms with van der Waals surface area (Å²) in [4.78, 5) is 12.6. The Balaban J connectivity index is 2.37. The molecule has 1 aliphatic rings. The van der Waals surface area contributed by atoms with Gasteiger partial charge in [-0.25, -0.2) is 0 Å². The first-order valence-corrected chi connectivity index (χ1v) is 6.30. The lowest BCUT2D eigenvalue weighted by Crippen LogP contribution is -2.56. The minimum Gasteiger partial charge on any atom is -0.481 e. The van der Waals surface area contributed by atoms with Crippen LogP contribution in [-0.2, 0) is 14.9 Å². The predicted molar refractivity (Wildman–Crippen MR) is 62.8 cm³/mol. The zero-order chi connectivity index (χ0) is 11.8. The Morgan fingerprint density at radius 3 is 2.56 bits per heavy atom. The van der Waals surface area contributed by atoms with Crippen LogP contribution in [0.25, 0.3) is 0 Å². The molecule has 3 nitrogen and oxygen atoms in total. The highest BCUT2D eigenvalue weighted by atomic mass is 32.1. The minimum absolute atomic E-state index is 0.114. The van der Waals surface area contributed by atoms with Crippen molar-refractivity contribution < 1.29 is 14.6 Å². The minimum atomic E-state index is -0.716. The van der Waals surface area contributed by atoms with E-state index in [1.165, 1.54) is 0 Å². The molecule has 1 aromatic rings. The second-order valence-corrected chi connectivity index (χ2v) is 5.63. The Kier molecular flexibility index (Phi) is 3.04. The van der Waals surface area contributed by atoms with Gasteiger partial charge in [-0.2, -0.15) is 0 Å². The van der Waals surface area contributed by atoms with Crippen LogP contribution < -0.4 is 0 Å². The molecule has 1 unspecified atom stereocenters. The lowest BCUT2D eigenvalue weighted by molar-refractivity contribution is -0.160. The molecule has 0 saturated carbocycles. The van der Waals surface area contributed by atoms with Gasteiger partial charge >= 0.3 is 5.97 Å². The number of carboxylic acid groups (broad SMARTS) is 1. The van der Waals surface area contributed by atoms with E-state index < -0.39 is 5.97 Å². The maximum absolute atomic E-state index is 11.4. The van der Waals surface area contributed by atoms with Crippen LogP contribution in [0.2, 0.25) is 0 Å². The van der Waals surface area contributed by atoms with Crippen LogP contribution in [0.5, 0.6) is 0 Å². The van der Waals surface area contributed by atoms with Gasteiger partial charge in [-0.1, -0.05) is 19.9 Å². The van der Waals surface area contributed by atoms with Gasteiger partial charge in [-0.3, -0.25) is 4.79 Å². The van der Waals surface area contributed by atoms with Crippen molar-refractivity contribution in [1.29, 1.82) is 0 Å². The van der Waals surface area contributed by atoms with Crippen LogP contribution >= 0.6 is 11.3 Å². The van der Waals surface area contributed by atoms with Gasteiger partial charge in [0, 0.05) is 4.88 Å². The Morgan fingerprint density at radius 2 is 2.25 bits per heavy atom. The van der Waals surface area contributed by atoms with Crippen molar-refractivity contribution in [2.24, 2.45) is 11.8 Å². The van der Waals surface area contributed by atoms with Crippen LogP contribution in [0.1, 0.15) is 18.7 Å². The number of thiophene rings is 1. The Hall–Kier alpha value is -0.870. The summed E-state index contributed by atoms with van der Waals surface area (Å²) in [5, 5.41) is 11.4. The smallest absolute Gasteiger partial charge is 0.307 e. The molecule has 1 aliphatic heterocycles. The van der Waals surface area contributed by atoms with E-state index in [-0.39, 0.29) is 17.3 Å². The van der Waals surface area contributed by atoms with E-state index in [0.29, 0.717) is 13.2 Å². The summed E-state index contributed by atoms with van der Waals surface area (Å²) < 4.78 is 5.29. The summed E-state index contributed by atoms with van der Waals surface area (Å²) in [6, 6.07) is 3.99. The lowest BCUT2D eigenvalue weighted by atomic mass is 9.68. The van der Waals surface area contributed by atoms with Gasteiger partial charge in [0.1, 0.15) is 0 Å². The molecule has 0 bridgehead atoms. The van der Waals surface area contributed by atoms with E-state index >= 15 is 0 Å². The van der Waals surface area contributed by atoms with Crippen LogP contribution in [-0.4, -0.2) is 24.3 Å². The third-order valence-corrected chi connectivity index (χ3v) is 4.35. The summed E-state index contributed by atoms with van der Waals surface area (Å²) in [5.74, 6) is -0.963. The monoisotopic (exact) mass is 240 g/mol. The zero-order valence-corrected chi connectivity index (χ0v) is 10.3. The first-order valence-electron chi connectivity index (χ1n) is 5.42. The van der Waals surface area contributed by atoms with E-state index in [0.717, 1.165) is 4.88 Å². The Labute approximate surface area is 99.1 Å². The van der Waals surface area contributed by atoms with Gasteiger partial charge in [-0.05, 0) is 17.4 Å². The van der Waals surface area contributed by atoms with Crippen LogP contribution in [0.15, 0.2) is 17.5 Å². The van der Waals surface area contributed by atoms with Crippen molar-refractivity contribution in [2.75, 3.05) is 13.2 Å². The molecule has 1 aromatic heterocycles. The van der Waals surface area contributed by atoms with Crippen molar-refractivity contribution in [3.05, 3.63) is 22.4 Å². The SMILES string of the molecule is CC(C)C(C(=O)O)C1(c2cccs2)COC1. The summed E-state index contributed by atoms with van der Waals surface area (Å²) in [6.45, 7) is 4.99. The molecule has 4 heteroatoms. The standard InChI is InChI=1S/C12H16O3S/c1-8(2)10(11(13)14)12(6-15-7-12)9-4-3-5-16-9/h3-5,8,10H,6-7H2,1-2H3,(H,13,14). The fraction of sp³-hybridized carbons (Fsp3) is 0.583.